The number of tetrazole rings is 1. The standard InChI is InChI=1S/C17H19N5O3/c23-16(11-5-7-13(8-6-11)21-10-18-19-20-21)22-14-4-2-1-3-12(14)9-15(22)17(24)25/h5-8,10,12,14-15H,1-4,9H2,(H,24,25). The van der Waals surface area contributed by atoms with Crippen LogP contribution in [0.5, 0.6) is 0 Å². The molecule has 4 rings (SSSR count). The number of likely N-dealkylation sites (tertiary alicyclic amines) is 1. The summed E-state index contributed by atoms with van der Waals surface area (Å²) < 4.78 is 1.50. The second kappa shape index (κ2) is 6.27. The van der Waals surface area contributed by atoms with E-state index in [4.69, 9.17) is 0 Å². The maximum atomic E-state index is 13.0. The van der Waals surface area contributed by atoms with Crippen molar-refractivity contribution in [3.05, 3.63) is 36.2 Å². The molecule has 8 heteroatoms. The fraction of sp³-hybridized carbons (Fsp3) is 0.471. The Bertz CT molecular complexity index is 774. The largest absolute Gasteiger partial charge is 0.480 e. The lowest BCUT2D eigenvalue weighted by Gasteiger charge is -2.33. The van der Waals surface area contributed by atoms with E-state index in [1.807, 2.05) is 0 Å². The number of fused-ring (bicyclic) bond motifs is 1. The van der Waals surface area contributed by atoms with Crippen LogP contribution in [-0.2, 0) is 4.79 Å². The third-order valence-corrected chi connectivity index (χ3v) is 5.34. The highest BCUT2D eigenvalue weighted by atomic mass is 16.4. The van der Waals surface area contributed by atoms with Crippen molar-refractivity contribution in [2.45, 2.75) is 44.2 Å². The number of nitrogens with zero attached hydrogens (tertiary/aromatic N) is 5. The Balaban J connectivity index is 1.61. The minimum atomic E-state index is -0.909. The van der Waals surface area contributed by atoms with Gasteiger partial charge in [0.25, 0.3) is 5.91 Å². The van der Waals surface area contributed by atoms with Gasteiger partial charge >= 0.3 is 5.97 Å². The van der Waals surface area contributed by atoms with Gasteiger partial charge in [-0.15, -0.1) is 5.10 Å². The van der Waals surface area contributed by atoms with Crippen LogP contribution in [0.1, 0.15) is 42.5 Å². The molecule has 0 spiro atoms. The smallest absolute Gasteiger partial charge is 0.326 e. The molecule has 1 aromatic carbocycles. The first kappa shape index (κ1) is 15.7. The summed E-state index contributed by atoms with van der Waals surface area (Å²) >= 11 is 0. The molecule has 130 valence electrons. The van der Waals surface area contributed by atoms with Crippen molar-refractivity contribution in [1.82, 2.24) is 25.1 Å². The Hall–Kier alpha value is -2.77. The summed E-state index contributed by atoms with van der Waals surface area (Å²) in [5.74, 6) is -0.808. The molecule has 1 aliphatic carbocycles. The summed E-state index contributed by atoms with van der Waals surface area (Å²) in [6.45, 7) is 0. The molecule has 0 bridgehead atoms. The maximum Gasteiger partial charge on any atom is 0.326 e. The minimum Gasteiger partial charge on any atom is -0.480 e. The van der Waals surface area contributed by atoms with E-state index in [9.17, 15) is 14.7 Å². The van der Waals surface area contributed by atoms with Gasteiger partial charge < -0.3 is 10.0 Å². The number of aliphatic carboxylic acids is 1. The van der Waals surface area contributed by atoms with Crippen LogP contribution < -0.4 is 0 Å². The molecular formula is C17H19N5O3. The van der Waals surface area contributed by atoms with E-state index >= 15 is 0 Å². The first-order valence-corrected chi connectivity index (χ1v) is 8.54. The summed E-state index contributed by atoms with van der Waals surface area (Å²) in [6, 6.07) is 6.24. The van der Waals surface area contributed by atoms with E-state index in [1.165, 1.54) is 11.0 Å². The summed E-state index contributed by atoms with van der Waals surface area (Å²) in [7, 11) is 0. The molecule has 1 aliphatic heterocycles. The average molecular weight is 341 g/mol. The molecule has 0 radical (unpaired) electrons. The van der Waals surface area contributed by atoms with Gasteiger partial charge in [0.05, 0.1) is 5.69 Å². The zero-order chi connectivity index (χ0) is 17.4. The Morgan fingerprint density at radius 1 is 1.12 bits per heavy atom. The SMILES string of the molecule is O=C(O)C1CC2CCCCC2N1C(=O)c1ccc(-n2cnnn2)cc1. The zero-order valence-corrected chi connectivity index (χ0v) is 13.7. The molecule has 1 aromatic heterocycles. The summed E-state index contributed by atoms with van der Waals surface area (Å²) in [6.07, 6.45) is 6.11. The van der Waals surface area contributed by atoms with Gasteiger partial charge in [-0.2, -0.15) is 0 Å². The number of amides is 1. The molecule has 2 fully saturated rings. The molecule has 2 aliphatic rings. The van der Waals surface area contributed by atoms with Crippen LogP contribution in [0.25, 0.3) is 5.69 Å². The topological polar surface area (TPSA) is 101 Å². The lowest BCUT2D eigenvalue weighted by molar-refractivity contribution is -0.141. The lowest BCUT2D eigenvalue weighted by atomic mass is 9.84. The van der Waals surface area contributed by atoms with Crippen LogP contribution in [0.3, 0.4) is 0 Å². The first-order valence-electron chi connectivity index (χ1n) is 8.54. The van der Waals surface area contributed by atoms with Gasteiger partial charge in [0.1, 0.15) is 12.4 Å². The van der Waals surface area contributed by atoms with Gasteiger partial charge in [0.2, 0.25) is 0 Å². The number of carbonyl (C=O) groups is 2. The molecule has 8 nitrogen and oxygen atoms in total. The number of aromatic nitrogens is 4. The van der Waals surface area contributed by atoms with Crippen molar-refractivity contribution in [2.75, 3.05) is 0 Å². The fourth-order valence-corrected chi connectivity index (χ4v) is 4.16. The van der Waals surface area contributed by atoms with Crippen molar-refractivity contribution in [3.63, 3.8) is 0 Å². The van der Waals surface area contributed by atoms with E-state index in [0.717, 1.165) is 31.4 Å². The number of carboxylic acids is 1. The van der Waals surface area contributed by atoms with Gasteiger partial charge in [-0.1, -0.05) is 12.8 Å². The molecule has 3 unspecified atom stereocenters. The molecule has 2 aromatic rings. The number of benzene rings is 1. The highest BCUT2D eigenvalue weighted by molar-refractivity contribution is 5.97. The Kier molecular flexibility index (Phi) is 3.95. The van der Waals surface area contributed by atoms with E-state index in [0.29, 0.717) is 17.9 Å². The zero-order valence-electron chi connectivity index (χ0n) is 13.7. The summed E-state index contributed by atoms with van der Waals surface area (Å²) in [5, 5.41) is 20.6. The van der Waals surface area contributed by atoms with Crippen LogP contribution in [0.4, 0.5) is 0 Å². The third kappa shape index (κ3) is 2.77. The first-order chi connectivity index (χ1) is 12.1. The highest BCUT2D eigenvalue weighted by Gasteiger charge is 2.47. The Morgan fingerprint density at radius 2 is 1.88 bits per heavy atom. The van der Waals surface area contributed by atoms with Crippen LogP contribution in [-0.4, -0.2) is 54.2 Å². The van der Waals surface area contributed by atoms with E-state index < -0.39 is 12.0 Å². The number of rotatable bonds is 3. The van der Waals surface area contributed by atoms with Gasteiger partial charge in [0, 0.05) is 11.6 Å². The maximum absolute atomic E-state index is 13.0. The number of hydrogen-bond donors (Lipinski definition) is 1. The fourth-order valence-electron chi connectivity index (χ4n) is 4.16. The van der Waals surface area contributed by atoms with Crippen molar-refractivity contribution in [2.24, 2.45) is 5.92 Å². The molecular weight excluding hydrogens is 322 g/mol. The molecule has 1 saturated carbocycles. The molecule has 1 N–H and O–H groups in total. The van der Waals surface area contributed by atoms with Crippen LogP contribution >= 0.6 is 0 Å². The van der Waals surface area contributed by atoms with Crippen molar-refractivity contribution in [1.29, 1.82) is 0 Å². The summed E-state index contributed by atoms with van der Waals surface area (Å²) in [5.41, 5.74) is 1.24. The monoisotopic (exact) mass is 341 g/mol. The molecule has 2 heterocycles. The van der Waals surface area contributed by atoms with E-state index in [1.54, 1.807) is 29.2 Å². The molecule has 3 atom stereocenters. The van der Waals surface area contributed by atoms with Crippen LogP contribution in [0, 0.1) is 5.92 Å². The normalized spacial score (nSPS) is 25.6. The van der Waals surface area contributed by atoms with Crippen molar-refractivity contribution in [3.8, 4) is 5.69 Å². The number of carbonyl (C=O) groups excluding carboxylic acids is 1. The predicted octanol–water partition coefficient (Wildman–Crippen LogP) is 1.52. The Labute approximate surface area is 144 Å². The average Bonchev–Trinajstić information content (AvgIpc) is 3.29. The van der Waals surface area contributed by atoms with Crippen molar-refractivity contribution >= 4 is 11.9 Å². The molecule has 1 amide bonds. The second-order valence-corrected chi connectivity index (χ2v) is 6.72. The lowest BCUT2D eigenvalue weighted by Crippen LogP contribution is -2.46. The Morgan fingerprint density at radius 3 is 2.56 bits per heavy atom. The highest BCUT2D eigenvalue weighted by Crippen LogP contribution is 2.40. The van der Waals surface area contributed by atoms with Gasteiger partial charge in [0.15, 0.2) is 0 Å². The van der Waals surface area contributed by atoms with Crippen LogP contribution in [0.15, 0.2) is 30.6 Å². The van der Waals surface area contributed by atoms with Gasteiger partial charge in [-0.3, -0.25) is 4.79 Å². The second-order valence-electron chi connectivity index (χ2n) is 6.72. The number of hydrogen-bond acceptors (Lipinski definition) is 5. The quantitative estimate of drug-likeness (QED) is 0.908. The van der Waals surface area contributed by atoms with E-state index in [-0.39, 0.29) is 11.9 Å². The predicted molar refractivity (Wildman–Crippen MR) is 87.1 cm³/mol. The third-order valence-electron chi connectivity index (χ3n) is 5.34. The number of carboxylic acid groups (broad SMARTS) is 1. The minimum absolute atomic E-state index is 0.0431. The summed E-state index contributed by atoms with van der Waals surface area (Å²) in [4.78, 5) is 26.3. The van der Waals surface area contributed by atoms with Gasteiger partial charge in [-0.05, 0) is 59.9 Å². The molecule has 25 heavy (non-hydrogen) atoms. The molecule has 1 saturated heterocycles. The van der Waals surface area contributed by atoms with Crippen molar-refractivity contribution < 1.29 is 14.7 Å². The van der Waals surface area contributed by atoms with Crippen LogP contribution in [0.2, 0.25) is 0 Å². The van der Waals surface area contributed by atoms with E-state index in [2.05, 4.69) is 15.5 Å². The van der Waals surface area contributed by atoms with Gasteiger partial charge in [-0.25, -0.2) is 9.48 Å².